The Bertz CT molecular complexity index is 999. The van der Waals surface area contributed by atoms with Crippen LogP contribution in [0.15, 0.2) is 59.5 Å². The van der Waals surface area contributed by atoms with Crippen molar-refractivity contribution in [3.8, 4) is 6.07 Å². The molecular formula is C20H21N3O5S. The van der Waals surface area contributed by atoms with Gasteiger partial charge < -0.3 is 10.1 Å². The molecule has 0 fully saturated rings. The molecule has 0 bridgehead atoms. The van der Waals surface area contributed by atoms with Gasteiger partial charge in [0.25, 0.3) is 15.9 Å². The van der Waals surface area contributed by atoms with Gasteiger partial charge >= 0.3 is 6.09 Å². The predicted molar refractivity (Wildman–Crippen MR) is 105 cm³/mol. The molecule has 0 aromatic heterocycles. The van der Waals surface area contributed by atoms with E-state index >= 15 is 0 Å². The van der Waals surface area contributed by atoms with Crippen molar-refractivity contribution < 1.29 is 22.7 Å². The number of rotatable bonds is 7. The number of nitriles is 1. The summed E-state index contributed by atoms with van der Waals surface area (Å²) in [7, 11) is -4.25. The molecular weight excluding hydrogens is 394 g/mol. The lowest BCUT2D eigenvalue weighted by atomic mass is 10.2. The lowest BCUT2D eigenvalue weighted by Gasteiger charge is -2.23. The van der Waals surface area contributed by atoms with Crippen molar-refractivity contribution in [1.29, 1.82) is 5.26 Å². The van der Waals surface area contributed by atoms with E-state index in [9.17, 15) is 18.0 Å². The summed E-state index contributed by atoms with van der Waals surface area (Å²) in [5.41, 5.74) is 1.60. The number of alkyl carbamates (subject to hydrolysis) is 1. The summed E-state index contributed by atoms with van der Waals surface area (Å²) in [5, 5.41) is 11.3. The van der Waals surface area contributed by atoms with Gasteiger partial charge in [-0.05, 0) is 31.5 Å². The fourth-order valence-electron chi connectivity index (χ4n) is 2.40. The van der Waals surface area contributed by atoms with Crippen molar-refractivity contribution in [2.45, 2.75) is 31.4 Å². The Hall–Kier alpha value is -3.38. The maximum atomic E-state index is 12.8. The normalized spacial score (nSPS) is 11.8. The second kappa shape index (κ2) is 9.71. The van der Waals surface area contributed by atoms with Gasteiger partial charge in [-0.15, -0.1) is 0 Å². The Labute approximate surface area is 169 Å². The zero-order valence-corrected chi connectivity index (χ0v) is 16.8. The summed E-state index contributed by atoms with van der Waals surface area (Å²) in [5.74, 6) is -0.941. The number of nitrogens with zero attached hydrogens (tertiary/aromatic N) is 2. The van der Waals surface area contributed by atoms with Crippen LogP contribution in [0.3, 0.4) is 0 Å². The molecule has 29 heavy (non-hydrogen) atoms. The van der Waals surface area contributed by atoms with Gasteiger partial charge in [0.2, 0.25) is 0 Å². The Morgan fingerprint density at radius 3 is 2.34 bits per heavy atom. The fraction of sp³-hybridized carbons (Fsp3) is 0.250. The molecule has 2 amide bonds. The van der Waals surface area contributed by atoms with Crippen LogP contribution in [0.1, 0.15) is 18.1 Å². The molecule has 1 N–H and O–H groups in total. The number of ether oxygens (including phenoxy) is 1. The van der Waals surface area contributed by atoms with E-state index in [-0.39, 0.29) is 11.5 Å². The van der Waals surface area contributed by atoms with Crippen molar-refractivity contribution in [2.75, 3.05) is 6.54 Å². The van der Waals surface area contributed by atoms with Gasteiger partial charge in [0, 0.05) is 0 Å². The molecule has 2 aromatic rings. The van der Waals surface area contributed by atoms with Crippen LogP contribution >= 0.6 is 0 Å². The number of benzene rings is 2. The van der Waals surface area contributed by atoms with Crippen LogP contribution in [0.5, 0.6) is 0 Å². The summed E-state index contributed by atoms with van der Waals surface area (Å²) < 4.78 is 31.1. The highest BCUT2D eigenvalue weighted by molar-refractivity contribution is 7.89. The van der Waals surface area contributed by atoms with E-state index in [1.165, 1.54) is 19.1 Å². The third-order valence-electron chi connectivity index (χ3n) is 3.99. The average Bonchev–Trinajstić information content (AvgIpc) is 2.71. The SMILES string of the molecule is Cc1ccc(S(=O)(=O)N(CC#N)C(=O)[C@H](C)NC(=O)OCc2ccccc2)cc1. The van der Waals surface area contributed by atoms with E-state index in [1.807, 2.05) is 6.07 Å². The Morgan fingerprint density at radius 2 is 1.76 bits per heavy atom. The summed E-state index contributed by atoms with van der Waals surface area (Å²) in [6, 6.07) is 15.3. The summed E-state index contributed by atoms with van der Waals surface area (Å²) in [6.45, 7) is 2.43. The first kappa shape index (κ1) is 21.9. The van der Waals surface area contributed by atoms with E-state index in [2.05, 4.69) is 5.32 Å². The van der Waals surface area contributed by atoms with Gasteiger partial charge in [0.1, 0.15) is 19.2 Å². The highest BCUT2D eigenvalue weighted by atomic mass is 32.2. The van der Waals surface area contributed by atoms with E-state index in [0.717, 1.165) is 11.1 Å². The van der Waals surface area contributed by atoms with Crippen LogP contribution in [-0.4, -0.2) is 37.3 Å². The second-order valence-corrected chi connectivity index (χ2v) is 8.11. The third kappa shape index (κ3) is 5.80. The van der Waals surface area contributed by atoms with E-state index in [4.69, 9.17) is 10.00 Å². The largest absolute Gasteiger partial charge is 0.445 e. The predicted octanol–water partition coefficient (Wildman–Crippen LogP) is 2.35. The fourth-order valence-corrected chi connectivity index (χ4v) is 3.76. The van der Waals surface area contributed by atoms with E-state index in [1.54, 1.807) is 49.4 Å². The van der Waals surface area contributed by atoms with Crippen molar-refractivity contribution in [1.82, 2.24) is 9.62 Å². The molecule has 0 saturated heterocycles. The molecule has 0 saturated carbocycles. The van der Waals surface area contributed by atoms with Gasteiger partial charge in [-0.25, -0.2) is 17.5 Å². The zero-order chi connectivity index (χ0) is 21.4. The molecule has 0 radical (unpaired) electrons. The summed E-state index contributed by atoms with van der Waals surface area (Å²) in [6.07, 6.45) is -0.876. The van der Waals surface area contributed by atoms with Gasteiger partial charge in [-0.3, -0.25) is 4.79 Å². The molecule has 2 rings (SSSR count). The lowest BCUT2D eigenvalue weighted by Crippen LogP contribution is -2.49. The Kier molecular flexibility index (Phi) is 7.33. The molecule has 0 spiro atoms. The lowest BCUT2D eigenvalue weighted by molar-refractivity contribution is -0.127. The third-order valence-corrected chi connectivity index (χ3v) is 5.74. The monoisotopic (exact) mass is 415 g/mol. The van der Waals surface area contributed by atoms with Crippen LogP contribution in [0.4, 0.5) is 4.79 Å². The maximum Gasteiger partial charge on any atom is 0.408 e. The molecule has 8 nitrogen and oxygen atoms in total. The average molecular weight is 415 g/mol. The number of carbonyl (C=O) groups is 2. The molecule has 1 atom stereocenters. The number of hydrogen-bond acceptors (Lipinski definition) is 6. The van der Waals surface area contributed by atoms with Gasteiger partial charge in [0.05, 0.1) is 11.0 Å². The Balaban J connectivity index is 2.08. The standard InChI is InChI=1S/C20H21N3O5S/c1-15-8-10-18(11-9-15)29(26,27)23(13-12-21)19(24)16(2)22-20(25)28-14-17-6-4-3-5-7-17/h3-11,16H,13-14H2,1-2H3,(H,22,25)/t16-/m0/s1. The van der Waals surface area contributed by atoms with Gasteiger partial charge in [-0.1, -0.05) is 48.0 Å². The second-order valence-electron chi connectivity index (χ2n) is 6.25. The summed E-state index contributed by atoms with van der Waals surface area (Å²) >= 11 is 0. The van der Waals surface area contributed by atoms with Crippen molar-refractivity contribution in [3.63, 3.8) is 0 Å². The maximum absolute atomic E-state index is 12.8. The number of hydrogen-bond donors (Lipinski definition) is 1. The van der Waals surface area contributed by atoms with Crippen LogP contribution in [-0.2, 0) is 26.2 Å². The molecule has 0 aliphatic carbocycles. The van der Waals surface area contributed by atoms with Gasteiger partial charge in [-0.2, -0.15) is 5.26 Å². The molecule has 0 heterocycles. The molecule has 2 aromatic carbocycles. The van der Waals surface area contributed by atoms with Crippen LogP contribution in [0.2, 0.25) is 0 Å². The smallest absolute Gasteiger partial charge is 0.408 e. The molecule has 0 aliphatic heterocycles. The highest BCUT2D eigenvalue weighted by Gasteiger charge is 2.33. The minimum atomic E-state index is -4.25. The summed E-state index contributed by atoms with van der Waals surface area (Å²) in [4.78, 5) is 24.5. The highest BCUT2D eigenvalue weighted by Crippen LogP contribution is 2.17. The van der Waals surface area contributed by atoms with Crippen LogP contribution in [0, 0.1) is 18.3 Å². The van der Waals surface area contributed by atoms with Crippen LogP contribution in [0.25, 0.3) is 0 Å². The first-order valence-electron chi connectivity index (χ1n) is 8.73. The van der Waals surface area contributed by atoms with E-state index < -0.39 is 34.6 Å². The van der Waals surface area contributed by atoms with Gasteiger partial charge in [0.15, 0.2) is 0 Å². The minimum absolute atomic E-state index is 0.00282. The Morgan fingerprint density at radius 1 is 1.14 bits per heavy atom. The molecule has 9 heteroatoms. The van der Waals surface area contributed by atoms with Crippen molar-refractivity contribution >= 4 is 22.0 Å². The van der Waals surface area contributed by atoms with Crippen molar-refractivity contribution in [2.24, 2.45) is 0 Å². The molecule has 152 valence electrons. The first-order valence-corrected chi connectivity index (χ1v) is 10.2. The molecule has 0 aliphatic rings. The first-order chi connectivity index (χ1) is 13.8. The topological polar surface area (TPSA) is 117 Å². The minimum Gasteiger partial charge on any atom is -0.445 e. The number of sulfonamides is 1. The number of aryl methyl sites for hydroxylation is 1. The van der Waals surface area contributed by atoms with Crippen molar-refractivity contribution in [3.05, 3.63) is 65.7 Å². The van der Waals surface area contributed by atoms with Crippen LogP contribution < -0.4 is 5.32 Å². The number of carbonyl (C=O) groups excluding carboxylic acids is 2. The number of amides is 2. The quantitative estimate of drug-likeness (QED) is 0.694. The van der Waals surface area contributed by atoms with E-state index in [0.29, 0.717) is 4.31 Å². The number of nitrogens with one attached hydrogen (secondary N) is 1. The zero-order valence-electron chi connectivity index (χ0n) is 16.0. The molecule has 0 unspecified atom stereocenters.